The lowest BCUT2D eigenvalue weighted by molar-refractivity contribution is 0.620. The minimum atomic E-state index is -0.300. The summed E-state index contributed by atoms with van der Waals surface area (Å²) in [5.41, 5.74) is 2.63. The average molecular weight is 306 g/mol. The molecule has 0 unspecified atom stereocenters. The van der Waals surface area contributed by atoms with E-state index in [2.05, 4.69) is 26.2 Å². The van der Waals surface area contributed by atoms with Crippen molar-refractivity contribution < 1.29 is 4.39 Å². The zero-order chi connectivity index (χ0) is 13.1. The molecular formula is C13H9BrFN3. The summed E-state index contributed by atoms with van der Waals surface area (Å²) < 4.78 is 13.7. The molecule has 1 aromatic heterocycles. The highest BCUT2D eigenvalue weighted by Crippen LogP contribution is 2.26. The van der Waals surface area contributed by atoms with Gasteiger partial charge in [-0.2, -0.15) is 5.26 Å². The first-order valence-electron chi connectivity index (χ1n) is 5.19. The molecule has 0 amide bonds. The Labute approximate surface area is 112 Å². The Morgan fingerprint density at radius 3 is 2.89 bits per heavy atom. The van der Waals surface area contributed by atoms with Gasteiger partial charge in [-0.1, -0.05) is 0 Å². The standard InChI is InChI=1S/C13H9BrFN3/c1-8-4-12(15)11(14)6-13(8)18-9-2-3-17-10(5-9)7-16/h2-6H,1H3,(H,17,18). The minimum Gasteiger partial charge on any atom is -0.355 e. The number of nitriles is 1. The van der Waals surface area contributed by atoms with Gasteiger partial charge in [0.1, 0.15) is 17.6 Å². The predicted octanol–water partition coefficient (Wildman–Crippen LogP) is 3.91. The molecule has 0 aliphatic heterocycles. The molecule has 1 heterocycles. The van der Waals surface area contributed by atoms with E-state index in [1.54, 1.807) is 24.4 Å². The third-order valence-corrected chi connectivity index (χ3v) is 3.03. The van der Waals surface area contributed by atoms with E-state index in [4.69, 9.17) is 5.26 Å². The molecule has 0 aliphatic carbocycles. The lowest BCUT2D eigenvalue weighted by atomic mass is 10.2. The van der Waals surface area contributed by atoms with E-state index in [-0.39, 0.29) is 5.82 Å². The van der Waals surface area contributed by atoms with E-state index in [0.29, 0.717) is 10.2 Å². The maximum Gasteiger partial charge on any atom is 0.142 e. The summed E-state index contributed by atoms with van der Waals surface area (Å²) in [6.07, 6.45) is 1.55. The van der Waals surface area contributed by atoms with Gasteiger partial charge in [-0.05, 0) is 52.7 Å². The van der Waals surface area contributed by atoms with E-state index in [1.165, 1.54) is 6.07 Å². The molecule has 5 heteroatoms. The van der Waals surface area contributed by atoms with Crippen LogP contribution in [0.2, 0.25) is 0 Å². The van der Waals surface area contributed by atoms with Crippen LogP contribution in [-0.4, -0.2) is 4.98 Å². The Balaban J connectivity index is 2.34. The first-order chi connectivity index (χ1) is 8.60. The number of nitrogens with one attached hydrogen (secondary N) is 1. The predicted molar refractivity (Wildman–Crippen MR) is 71.1 cm³/mol. The summed E-state index contributed by atoms with van der Waals surface area (Å²) in [5.74, 6) is -0.300. The SMILES string of the molecule is Cc1cc(F)c(Br)cc1Nc1ccnc(C#N)c1. The van der Waals surface area contributed by atoms with Gasteiger partial charge in [0.15, 0.2) is 0 Å². The van der Waals surface area contributed by atoms with E-state index < -0.39 is 0 Å². The van der Waals surface area contributed by atoms with E-state index in [0.717, 1.165) is 16.9 Å². The van der Waals surface area contributed by atoms with Gasteiger partial charge in [0.05, 0.1) is 4.47 Å². The van der Waals surface area contributed by atoms with Crippen LogP contribution >= 0.6 is 15.9 Å². The summed E-state index contributed by atoms with van der Waals surface area (Å²) in [5, 5.41) is 11.9. The highest BCUT2D eigenvalue weighted by Gasteiger charge is 2.06. The first-order valence-corrected chi connectivity index (χ1v) is 5.98. The van der Waals surface area contributed by atoms with Crippen molar-refractivity contribution in [3.8, 4) is 6.07 Å². The fraction of sp³-hybridized carbons (Fsp3) is 0.0769. The lowest BCUT2D eigenvalue weighted by Gasteiger charge is -2.10. The van der Waals surface area contributed by atoms with Gasteiger partial charge in [-0.15, -0.1) is 0 Å². The molecular weight excluding hydrogens is 297 g/mol. The monoisotopic (exact) mass is 305 g/mol. The molecule has 90 valence electrons. The van der Waals surface area contributed by atoms with Crippen LogP contribution in [0.15, 0.2) is 34.9 Å². The van der Waals surface area contributed by atoms with Gasteiger partial charge in [-0.25, -0.2) is 9.37 Å². The highest BCUT2D eigenvalue weighted by atomic mass is 79.9. The van der Waals surface area contributed by atoms with Crippen molar-refractivity contribution in [2.24, 2.45) is 0 Å². The second-order valence-corrected chi connectivity index (χ2v) is 4.60. The number of benzene rings is 1. The summed E-state index contributed by atoms with van der Waals surface area (Å²) in [4.78, 5) is 3.88. The number of halogens is 2. The van der Waals surface area contributed by atoms with Crippen molar-refractivity contribution in [3.05, 3.63) is 52.0 Å². The molecule has 2 aromatic rings. The van der Waals surface area contributed by atoms with Gasteiger partial charge in [0.2, 0.25) is 0 Å². The molecule has 0 aliphatic rings. The van der Waals surface area contributed by atoms with Gasteiger partial charge in [0.25, 0.3) is 0 Å². The quantitative estimate of drug-likeness (QED) is 0.915. The van der Waals surface area contributed by atoms with Crippen molar-refractivity contribution in [3.63, 3.8) is 0 Å². The molecule has 0 fully saturated rings. The van der Waals surface area contributed by atoms with Crippen molar-refractivity contribution in [1.29, 1.82) is 5.26 Å². The summed E-state index contributed by atoms with van der Waals surface area (Å²) >= 11 is 3.14. The van der Waals surface area contributed by atoms with Gasteiger partial charge < -0.3 is 5.32 Å². The average Bonchev–Trinajstić information content (AvgIpc) is 2.36. The number of anilines is 2. The van der Waals surface area contributed by atoms with Crippen LogP contribution in [0.5, 0.6) is 0 Å². The Bertz CT molecular complexity index is 635. The number of pyridine rings is 1. The number of hydrogen-bond donors (Lipinski definition) is 1. The van der Waals surface area contributed by atoms with Crippen LogP contribution in [0.1, 0.15) is 11.3 Å². The van der Waals surface area contributed by atoms with Crippen LogP contribution in [0.4, 0.5) is 15.8 Å². The third-order valence-electron chi connectivity index (χ3n) is 2.42. The number of aryl methyl sites for hydroxylation is 1. The second kappa shape index (κ2) is 5.15. The lowest BCUT2D eigenvalue weighted by Crippen LogP contribution is -1.96. The molecule has 2 rings (SSSR count). The molecule has 18 heavy (non-hydrogen) atoms. The summed E-state index contributed by atoms with van der Waals surface area (Å²) in [6.45, 7) is 1.81. The Hall–Kier alpha value is -1.93. The van der Waals surface area contributed by atoms with Crippen LogP contribution in [0, 0.1) is 24.1 Å². The Morgan fingerprint density at radius 1 is 1.39 bits per heavy atom. The second-order valence-electron chi connectivity index (χ2n) is 3.75. The molecule has 0 bridgehead atoms. The largest absolute Gasteiger partial charge is 0.355 e. The molecule has 1 N–H and O–H groups in total. The number of nitrogens with zero attached hydrogens (tertiary/aromatic N) is 2. The Morgan fingerprint density at radius 2 is 2.17 bits per heavy atom. The summed E-state index contributed by atoms with van der Waals surface area (Å²) in [6, 6.07) is 8.46. The minimum absolute atomic E-state index is 0.300. The van der Waals surface area contributed by atoms with Gasteiger partial charge in [-0.3, -0.25) is 0 Å². The molecule has 0 atom stereocenters. The molecule has 3 nitrogen and oxygen atoms in total. The number of aromatic nitrogens is 1. The van der Waals surface area contributed by atoms with Crippen LogP contribution in [0.25, 0.3) is 0 Å². The molecule has 0 spiro atoms. The van der Waals surface area contributed by atoms with Crippen molar-refractivity contribution in [2.75, 3.05) is 5.32 Å². The van der Waals surface area contributed by atoms with E-state index in [1.807, 2.05) is 13.0 Å². The highest BCUT2D eigenvalue weighted by molar-refractivity contribution is 9.10. The third kappa shape index (κ3) is 2.66. The first kappa shape index (κ1) is 12.5. The Kier molecular flexibility index (Phi) is 3.58. The van der Waals surface area contributed by atoms with Crippen molar-refractivity contribution in [1.82, 2.24) is 4.98 Å². The number of hydrogen-bond acceptors (Lipinski definition) is 3. The topological polar surface area (TPSA) is 48.7 Å². The van der Waals surface area contributed by atoms with Crippen LogP contribution in [0.3, 0.4) is 0 Å². The van der Waals surface area contributed by atoms with Crippen molar-refractivity contribution >= 4 is 27.3 Å². The zero-order valence-electron chi connectivity index (χ0n) is 9.54. The molecule has 0 saturated carbocycles. The van der Waals surface area contributed by atoms with Crippen molar-refractivity contribution in [2.45, 2.75) is 6.92 Å². The maximum absolute atomic E-state index is 13.3. The van der Waals surface area contributed by atoms with Crippen LogP contribution in [-0.2, 0) is 0 Å². The normalized spacial score (nSPS) is 9.89. The van der Waals surface area contributed by atoms with E-state index in [9.17, 15) is 4.39 Å². The van der Waals surface area contributed by atoms with E-state index >= 15 is 0 Å². The van der Waals surface area contributed by atoms with Gasteiger partial charge in [0, 0.05) is 17.6 Å². The van der Waals surface area contributed by atoms with Gasteiger partial charge >= 0.3 is 0 Å². The fourth-order valence-electron chi connectivity index (χ4n) is 1.51. The smallest absolute Gasteiger partial charge is 0.142 e. The maximum atomic E-state index is 13.3. The molecule has 0 radical (unpaired) electrons. The fourth-order valence-corrected chi connectivity index (χ4v) is 1.85. The summed E-state index contributed by atoms with van der Waals surface area (Å²) in [7, 11) is 0. The zero-order valence-corrected chi connectivity index (χ0v) is 11.1. The number of rotatable bonds is 2. The molecule has 0 saturated heterocycles. The molecule has 1 aromatic carbocycles. The van der Waals surface area contributed by atoms with Crippen LogP contribution < -0.4 is 5.32 Å².